The molecule has 408 valence electrons. The first-order valence-corrected chi connectivity index (χ1v) is 26.7. The fourth-order valence-corrected chi connectivity index (χ4v) is 9.89. The number of carbonyl (C=O) groups excluding carboxylic acids is 1. The molecular weight excluding hydrogens is 1020 g/mol. The van der Waals surface area contributed by atoms with Crippen LogP contribution in [0.5, 0.6) is 23.0 Å². The molecule has 0 atom stereocenters. The Morgan fingerprint density at radius 3 is 1.55 bits per heavy atom. The Kier molecular flexibility index (Phi) is 21.1. The van der Waals surface area contributed by atoms with Gasteiger partial charge < -0.3 is 54.0 Å². The van der Waals surface area contributed by atoms with E-state index in [-0.39, 0.29) is 18.4 Å². The third-order valence-corrected chi connectivity index (χ3v) is 13.9. The number of esters is 1. The lowest BCUT2D eigenvalue weighted by atomic mass is 10.0. The average molecular weight is 1090 g/mol. The predicted octanol–water partition coefficient (Wildman–Crippen LogP) is 4.75. The molecule has 5 heterocycles. The number of hydrogen-bond acceptors (Lipinski definition) is 18. The largest absolute Gasteiger partial charge is 0.594 e. The summed E-state index contributed by atoms with van der Waals surface area (Å²) in [7, 11) is 2.24. The predicted molar refractivity (Wildman–Crippen MR) is 288 cm³/mol. The molecule has 2 fully saturated rings. The Balaban J connectivity index is 0.000000249. The van der Waals surface area contributed by atoms with Gasteiger partial charge in [-0.05, 0) is 70.7 Å². The Hall–Kier alpha value is -6.14. The van der Waals surface area contributed by atoms with E-state index < -0.39 is 49.2 Å². The first kappa shape index (κ1) is 60.4. The zero-order valence-electron chi connectivity index (χ0n) is 44.3. The van der Waals surface area contributed by atoms with Crippen molar-refractivity contribution in [2.75, 3.05) is 89.2 Å². The average Bonchev–Trinajstić information content (AvgIpc) is 3.31. The molecule has 2 saturated heterocycles. The van der Waals surface area contributed by atoms with Crippen LogP contribution in [0, 0.1) is 0 Å². The Bertz CT molecular complexity index is 2920. The van der Waals surface area contributed by atoms with Gasteiger partial charge >= 0.3 is 16.2 Å². The first-order chi connectivity index (χ1) is 34.2. The summed E-state index contributed by atoms with van der Waals surface area (Å²) in [5.74, 6) is 1.24. The van der Waals surface area contributed by atoms with Gasteiger partial charge in [0.2, 0.25) is 10.0 Å². The lowest BCUT2D eigenvalue weighted by Gasteiger charge is -2.34. The molecule has 74 heavy (non-hydrogen) atoms. The van der Waals surface area contributed by atoms with Crippen molar-refractivity contribution in [3.8, 4) is 23.0 Å². The second-order valence-corrected chi connectivity index (χ2v) is 22.7. The van der Waals surface area contributed by atoms with Crippen LogP contribution in [0.2, 0.25) is 0 Å². The number of pyridine rings is 3. The summed E-state index contributed by atoms with van der Waals surface area (Å²) in [5, 5.41) is 13.5. The number of halogens is 1. The van der Waals surface area contributed by atoms with Crippen molar-refractivity contribution in [1.82, 2.24) is 14.7 Å². The number of nitrogens with zero attached hydrogens (tertiary/aromatic N) is 7. The molecule has 3 N–H and O–H groups in total. The molecule has 0 amide bonds. The fraction of sp³-hybridized carbons (Fsp3) is 0.500. The van der Waals surface area contributed by atoms with Crippen LogP contribution in [-0.2, 0) is 34.5 Å². The van der Waals surface area contributed by atoms with Crippen LogP contribution in [0.4, 0.5) is 17.1 Å². The number of carbonyl (C=O) groups is 1. The maximum atomic E-state index is 12.4. The number of rotatable bonds is 13. The van der Waals surface area contributed by atoms with Crippen molar-refractivity contribution >= 4 is 83.6 Å². The van der Waals surface area contributed by atoms with Gasteiger partial charge in [0.1, 0.15) is 5.60 Å². The number of sulfonamides is 1. The summed E-state index contributed by atoms with van der Waals surface area (Å²) < 4.78 is 86.7. The number of aromatic nitrogens is 3. The van der Waals surface area contributed by atoms with Crippen LogP contribution in [0.25, 0.3) is 21.8 Å². The first-order valence-electron chi connectivity index (χ1n) is 23.6. The highest BCUT2D eigenvalue weighted by Gasteiger charge is 2.29. The van der Waals surface area contributed by atoms with E-state index in [2.05, 4.69) is 35.0 Å². The van der Waals surface area contributed by atoms with Crippen molar-refractivity contribution < 1.29 is 59.1 Å². The number of nitrogens with one attached hydrogen (secondary N) is 1. The molecule has 2 aliphatic rings. The van der Waals surface area contributed by atoms with Gasteiger partial charge in [0.25, 0.3) is 0 Å². The molecule has 0 spiro atoms. The lowest BCUT2D eigenvalue weighted by molar-refractivity contribution is -0.511. The normalized spacial score (nSPS) is 14.9. The van der Waals surface area contributed by atoms with Crippen LogP contribution in [-0.4, -0.2) is 137 Å². The molecule has 0 radical (unpaired) electrons. The summed E-state index contributed by atoms with van der Waals surface area (Å²) in [5.41, 5.74) is 9.20. The van der Waals surface area contributed by atoms with Gasteiger partial charge in [-0.25, -0.2) is 13.1 Å². The molecule has 5 aromatic rings. The molecule has 3 aromatic heterocycles. The lowest BCUT2D eigenvalue weighted by Crippen LogP contribution is -2.46. The van der Waals surface area contributed by atoms with Crippen molar-refractivity contribution in [3.05, 3.63) is 73.3 Å². The SMILES string of the molecule is CN(C)c1cc[n+](S(=O)(=O)N=C([O-])OC(C)(C)C)cc1.COc1cc2nccc(N3CCC(N)CC3)c2cc1OC.COc1cc2nccc(N3CCC(NS(=O)(=O)CC(=O)OC(C)(C)C)CC3)c2cc1OC.Cl. The molecule has 24 heteroatoms. The maximum absolute atomic E-state index is 12.4. The number of anilines is 3. The fourth-order valence-electron chi connectivity index (χ4n) is 7.95. The smallest absolute Gasteiger partial charge is 0.493 e. The topological polar surface area (TPSA) is 254 Å². The van der Waals surface area contributed by atoms with E-state index in [0.29, 0.717) is 49.2 Å². The number of ether oxygens (including phenoxy) is 6. The van der Waals surface area contributed by atoms with Gasteiger partial charge in [-0.2, -0.15) is 0 Å². The van der Waals surface area contributed by atoms with Gasteiger partial charge in [0.15, 0.2) is 47.2 Å². The number of benzene rings is 2. The second-order valence-electron chi connectivity index (χ2n) is 19.5. The molecular formula is C50H72ClN9O12S2. The summed E-state index contributed by atoms with van der Waals surface area (Å²) >= 11 is 0. The molecule has 0 unspecified atom stereocenters. The number of methoxy groups -OCH3 is 4. The summed E-state index contributed by atoms with van der Waals surface area (Å²) in [6.07, 6.45) is 8.37. The monoisotopic (exact) mass is 1090 g/mol. The third kappa shape index (κ3) is 17.2. The summed E-state index contributed by atoms with van der Waals surface area (Å²) in [6, 6.07) is 15.0. The molecule has 2 aliphatic heterocycles. The minimum atomic E-state index is -4.13. The summed E-state index contributed by atoms with van der Waals surface area (Å²) in [4.78, 5) is 27.2. The Labute approximate surface area is 441 Å². The molecule has 0 saturated carbocycles. The molecule has 21 nitrogen and oxygen atoms in total. The van der Waals surface area contributed by atoms with Crippen LogP contribution < -0.4 is 53.2 Å². The number of nitrogens with two attached hydrogens (primary N) is 1. The van der Waals surface area contributed by atoms with E-state index in [1.807, 2.05) is 55.5 Å². The van der Waals surface area contributed by atoms with Crippen molar-refractivity contribution in [3.63, 3.8) is 0 Å². The van der Waals surface area contributed by atoms with Gasteiger partial charge in [-0.15, -0.1) is 20.8 Å². The van der Waals surface area contributed by atoms with Crippen LogP contribution in [0.3, 0.4) is 0 Å². The standard InChI is InChI=1S/C22H31N3O6S.C16H21N3O2.C12H19N3O4S.ClH/c1-22(2,3)31-21(26)14-32(27,28)24-15-7-10-25(11-8-15)18-6-9-23-17-13-20(30-5)19(29-4)12-16(17)18;1-20-15-9-12-13(10-16(15)21-2)18-6-3-14(12)19-7-4-11(17)5-8-19;1-12(2,3)19-11(16)13-20(17,18)15-8-6-10(7-9-15)14(4)5;/h6,9,12-13,15,24H,7-8,10-11,14H2,1-5H3;3,6,9-11H,4-5,7-8,17H2,1-2H3;6-9H,1-5H3;1H. The highest BCUT2D eigenvalue weighted by atomic mass is 35.5. The summed E-state index contributed by atoms with van der Waals surface area (Å²) in [6.45, 7) is 13.3. The van der Waals surface area contributed by atoms with Crippen LogP contribution in [0.1, 0.15) is 67.2 Å². The van der Waals surface area contributed by atoms with E-state index in [1.165, 1.54) is 18.1 Å². The van der Waals surface area contributed by atoms with Crippen molar-refractivity contribution in [1.29, 1.82) is 0 Å². The quantitative estimate of drug-likeness (QED) is 0.0698. The highest BCUT2D eigenvalue weighted by Crippen LogP contribution is 2.38. The van der Waals surface area contributed by atoms with Crippen molar-refractivity contribution in [2.45, 2.75) is 90.5 Å². The minimum Gasteiger partial charge on any atom is -0.594 e. The van der Waals surface area contributed by atoms with Gasteiger partial charge in [0, 0.05) is 122 Å². The van der Waals surface area contributed by atoms with Gasteiger partial charge in [-0.1, -0.05) is 29.1 Å². The second kappa shape index (κ2) is 25.9. The maximum Gasteiger partial charge on any atom is 0.493 e. The van der Waals surface area contributed by atoms with Gasteiger partial charge in [-0.3, -0.25) is 14.8 Å². The highest BCUT2D eigenvalue weighted by molar-refractivity contribution is 7.90. The van der Waals surface area contributed by atoms with Crippen molar-refractivity contribution in [2.24, 2.45) is 10.1 Å². The number of fused-ring (bicyclic) bond motifs is 2. The number of hydrogen-bond donors (Lipinski definition) is 2. The van der Waals surface area contributed by atoms with E-state index >= 15 is 0 Å². The van der Waals surface area contributed by atoms with E-state index in [1.54, 1.807) is 88.3 Å². The zero-order valence-corrected chi connectivity index (χ0v) is 46.7. The molecule has 7 rings (SSSR count). The zero-order chi connectivity index (χ0) is 53.9. The molecule has 2 aromatic carbocycles. The van der Waals surface area contributed by atoms with E-state index in [0.717, 1.165) is 68.8 Å². The van der Waals surface area contributed by atoms with Crippen LogP contribution >= 0.6 is 12.4 Å². The molecule has 0 bridgehead atoms. The van der Waals surface area contributed by atoms with Gasteiger partial charge in [0.05, 0.1) is 39.5 Å². The third-order valence-electron chi connectivity index (χ3n) is 11.4. The van der Waals surface area contributed by atoms with E-state index in [9.17, 15) is 26.7 Å². The minimum absolute atomic E-state index is 0. The van der Waals surface area contributed by atoms with E-state index in [4.69, 9.17) is 34.2 Å². The number of piperidine rings is 2. The Morgan fingerprint density at radius 1 is 0.730 bits per heavy atom. The Morgan fingerprint density at radius 2 is 1.15 bits per heavy atom. The molecule has 0 aliphatic carbocycles. The van der Waals surface area contributed by atoms with Crippen LogP contribution in [0.15, 0.2) is 77.7 Å².